The van der Waals surface area contributed by atoms with E-state index < -0.39 is 0 Å². The second-order valence-electron chi connectivity index (χ2n) is 6.90. The predicted molar refractivity (Wildman–Crippen MR) is 105 cm³/mol. The van der Waals surface area contributed by atoms with Gasteiger partial charge < -0.3 is 9.88 Å². The summed E-state index contributed by atoms with van der Waals surface area (Å²) in [4.78, 5) is 21.7. The predicted octanol–water partition coefficient (Wildman–Crippen LogP) is 3.83. The monoisotopic (exact) mass is 380 g/mol. The van der Waals surface area contributed by atoms with Gasteiger partial charge in [-0.2, -0.15) is 5.10 Å². The first-order valence-electron chi connectivity index (χ1n) is 8.88. The van der Waals surface area contributed by atoms with Crippen molar-refractivity contribution in [1.29, 1.82) is 0 Å². The Hall–Kier alpha value is -2.93. The smallest absolute Gasteiger partial charge is 0.260 e. The molecule has 1 saturated carbocycles. The van der Waals surface area contributed by atoms with Crippen LogP contribution in [0.5, 0.6) is 0 Å². The highest BCUT2D eigenvalue weighted by atomic mass is 35.5. The van der Waals surface area contributed by atoms with E-state index in [1.54, 1.807) is 12.3 Å². The molecule has 1 aliphatic rings. The fourth-order valence-corrected chi connectivity index (χ4v) is 3.82. The van der Waals surface area contributed by atoms with Crippen LogP contribution >= 0.6 is 11.6 Å². The minimum Gasteiger partial charge on any atom is -0.361 e. The number of anilines is 1. The van der Waals surface area contributed by atoms with Gasteiger partial charge in [0.05, 0.1) is 28.0 Å². The Morgan fingerprint density at radius 2 is 2.19 bits per heavy atom. The molecule has 1 atom stereocenters. The lowest BCUT2D eigenvalue weighted by Crippen LogP contribution is -2.26. The Bertz CT molecular complexity index is 1230. The fourth-order valence-electron chi connectivity index (χ4n) is 3.56. The number of hydrogen-bond donors (Lipinski definition) is 2. The molecule has 1 aliphatic carbocycles. The van der Waals surface area contributed by atoms with Gasteiger partial charge in [-0.25, -0.2) is 9.97 Å². The van der Waals surface area contributed by atoms with Crippen molar-refractivity contribution in [1.82, 2.24) is 24.7 Å². The van der Waals surface area contributed by atoms with Gasteiger partial charge in [-0.05, 0) is 37.3 Å². The number of hydrogen-bond acceptors (Lipinski definition) is 5. The van der Waals surface area contributed by atoms with Crippen LogP contribution in [0.2, 0.25) is 5.02 Å². The molecule has 0 spiro atoms. The lowest BCUT2D eigenvalue weighted by Gasteiger charge is -2.21. The first-order chi connectivity index (χ1) is 13.1. The third-order valence-electron chi connectivity index (χ3n) is 5.02. The molecule has 5 rings (SSSR count). The Morgan fingerprint density at radius 1 is 1.33 bits per heavy atom. The molecule has 8 heteroatoms. The number of aromatic nitrogens is 5. The number of rotatable bonds is 4. The van der Waals surface area contributed by atoms with Crippen molar-refractivity contribution >= 4 is 39.2 Å². The molecule has 136 valence electrons. The third kappa shape index (κ3) is 2.66. The highest BCUT2D eigenvalue weighted by Gasteiger charge is 2.29. The number of nitrogens with zero attached hydrogens (tertiary/aromatic N) is 4. The van der Waals surface area contributed by atoms with Gasteiger partial charge in [-0.3, -0.25) is 9.89 Å². The van der Waals surface area contributed by atoms with Crippen molar-refractivity contribution in [2.75, 3.05) is 5.32 Å². The number of fused-ring (bicyclic) bond motifs is 2. The molecule has 2 N–H and O–H groups in total. The molecule has 0 unspecified atom stereocenters. The van der Waals surface area contributed by atoms with Crippen molar-refractivity contribution in [3.8, 4) is 0 Å². The molecule has 3 heterocycles. The second kappa shape index (κ2) is 6.06. The van der Waals surface area contributed by atoms with Gasteiger partial charge in [0, 0.05) is 11.7 Å². The molecule has 3 aromatic heterocycles. The summed E-state index contributed by atoms with van der Waals surface area (Å²) < 4.78 is 1.89. The maximum absolute atomic E-state index is 13.2. The highest BCUT2D eigenvalue weighted by Crippen LogP contribution is 2.37. The van der Waals surface area contributed by atoms with Crippen LogP contribution in [-0.2, 0) is 0 Å². The fraction of sp³-hybridized carbons (Fsp3) is 0.263. The van der Waals surface area contributed by atoms with E-state index in [9.17, 15) is 4.79 Å². The molecule has 4 aromatic rings. The second-order valence-corrected chi connectivity index (χ2v) is 7.31. The Morgan fingerprint density at radius 3 is 3.00 bits per heavy atom. The molecule has 1 aromatic carbocycles. The number of benzene rings is 1. The van der Waals surface area contributed by atoms with Crippen LogP contribution < -0.4 is 10.9 Å². The van der Waals surface area contributed by atoms with Crippen LogP contribution in [0.3, 0.4) is 0 Å². The molecule has 7 nitrogen and oxygen atoms in total. The van der Waals surface area contributed by atoms with E-state index in [-0.39, 0.29) is 17.6 Å². The SMILES string of the molecule is C[C@H](Nc1ncnc2[nH]ncc12)c1cc2cccc(Cl)c2c(=O)n1C1CC1. The summed E-state index contributed by atoms with van der Waals surface area (Å²) in [6.45, 7) is 2.03. The van der Waals surface area contributed by atoms with Gasteiger partial charge in [0.15, 0.2) is 5.65 Å². The number of aromatic amines is 1. The summed E-state index contributed by atoms with van der Waals surface area (Å²) in [6.07, 6.45) is 5.20. The summed E-state index contributed by atoms with van der Waals surface area (Å²) >= 11 is 6.32. The number of nitrogens with one attached hydrogen (secondary N) is 2. The van der Waals surface area contributed by atoms with E-state index >= 15 is 0 Å². The van der Waals surface area contributed by atoms with E-state index in [1.807, 2.05) is 29.7 Å². The zero-order valence-corrected chi connectivity index (χ0v) is 15.4. The average Bonchev–Trinajstić information content (AvgIpc) is 3.37. The topological polar surface area (TPSA) is 88.5 Å². The summed E-state index contributed by atoms with van der Waals surface area (Å²) in [5, 5.41) is 13.0. The first kappa shape index (κ1) is 16.3. The lowest BCUT2D eigenvalue weighted by atomic mass is 10.1. The first-order valence-corrected chi connectivity index (χ1v) is 9.25. The molecule has 0 bridgehead atoms. The molecular weight excluding hydrogens is 364 g/mol. The molecule has 1 fully saturated rings. The summed E-state index contributed by atoms with van der Waals surface area (Å²) in [5.74, 6) is 0.683. The normalized spacial score (nSPS) is 15.3. The van der Waals surface area contributed by atoms with Crippen LogP contribution in [0.25, 0.3) is 21.8 Å². The van der Waals surface area contributed by atoms with Crippen molar-refractivity contribution < 1.29 is 0 Å². The van der Waals surface area contributed by atoms with E-state index in [4.69, 9.17) is 11.6 Å². The van der Waals surface area contributed by atoms with E-state index in [0.29, 0.717) is 21.9 Å². The molecule has 0 amide bonds. The zero-order valence-electron chi connectivity index (χ0n) is 14.6. The molecule has 0 saturated heterocycles. The quantitative estimate of drug-likeness (QED) is 0.561. The van der Waals surface area contributed by atoms with Crippen LogP contribution in [-0.4, -0.2) is 24.7 Å². The minimum absolute atomic E-state index is 0.0274. The van der Waals surface area contributed by atoms with Gasteiger partial charge in [0.25, 0.3) is 5.56 Å². The van der Waals surface area contributed by atoms with Crippen LogP contribution in [0, 0.1) is 0 Å². The Balaban J connectivity index is 1.64. The summed E-state index contributed by atoms with van der Waals surface area (Å²) in [6, 6.07) is 7.71. The van der Waals surface area contributed by atoms with Crippen molar-refractivity contribution in [2.45, 2.75) is 31.8 Å². The zero-order chi connectivity index (χ0) is 18.5. The summed E-state index contributed by atoms with van der Waals surface area (Å²) in [7, 11) is 0. The van der Waals surface area contributed by atoms with Gasteiger partial charge in [0.2, 0.25) is 0 Å². The average molecular weight is 381 g/mol. The van der Waals surface area contributed by atoms with Gasteiger partial charge in [-0.15, -0.1) is 0 Å². The van der Waals surface area contributed by atoms with Crippen LogP contribution in [0.4, 0.5) is 5.82 Å². The van der Waals surface area contributed by atoms with Crippen molar-refractivity contribution in [2.24, 2.45) is 0 Å². The molecular formula is C19H17ClN6O. The van der Waals surface area contributed by atoms with Crippen LogP contribution in [0.1, 0.15) is 37.5 Å². The standard InChI is InChI=1S/C19H17ClN6O/c1-10(24-17-13-8-23-25-18(13)22-9-21-17)15-7-11-3-2-4-14(20)16(11)19(27)26(15)12-5-6-12/h2-4,7-10,12H,5-6H2,1H3,(H2,21,22,23,24,25)/t10-/m0/s1. The van der Waals surface area contributed by atoms with Gasteiger partial charge in [0.1, 0.15) is 12.1 Å². The minimum atomic E-state index is -0.130. The molecule has 0 aliphatic heterocycles. The molecule has 27 heavy (non-hydrogen) atoms. The number of halogens is 1. The van der Waals surface area contributed by atoms with Crippen molar-refractivity contribution in [3.63, 3.8) is 0 Å². The van der Waals surface area contributed by atoms with Gasteiger partial charge >= 0.3 is 0 Å². The Kier molecular flexibility index (Phi) is 3.65. The third-order valence-corrected chi connectivity index (χ3v) is 5.33. The number of H-pyrrole nitrogens is 1. The van der Waals surface area contributed by atoms with Gasteiger partial charge in [-0.1, -0.05) is 23.7 Å². The highest BCUT2D eigenvalue weighted by molar-refractivity contribution is 6.35. The molecule has 0 radical (unpaired) electrons. The maximum Gasteiger partial charge on any atom is 0.260 e. The summed E-state index contributed by atoms with van der Waals surface area (Å²) in [5.41, 5.74) is 1.57. The Labute approximate surface area is 159 Å². The number of pyridine rings is 1. The largest absolute Gasteiger partial charge is 0.361 e. The maximum atomic E-state index is 13.2. The van der Waals surface area contributed by atoms with E-state index in [1.165, 1.54) is 6.33 Å². The van der Waals surface area contributed by atoms with E-state index in [2.05, 4.69) is 25.5 Å². The van der Waals surface area contributed by atoms with Crippen LogP contribution in [0.15, 0.2) is 41.6 Å². The van der Waals surface area contributed by atoms with Crippen molar-refractivity contribution in [3.05, 3.63) is 57.9 Å². The lowest BCUT2D eigenvalue weighted by molar-refractivity contribution is 0.636. The van der Waals surface area contributed by atoms with E-state index in [0.717, 1.165) is 29.3 Å².